The molecule has 2 unspecified atom stereocenters. The Morgan fingerprint density at radius 1 is 1.00 bits per heavy atom. The first-order chi connectivity index (χ1) is 11.3. The van der Waals surface area contributed by atoms with Crippen LogP contribution in [0.4, 0.5) is 5.69 Å². The zero-order valence-corrected chi connectivity index (χ0v) is 13.2. The molecule has 0 saturated heterocycles. The summed E-state index contributed by atoms with van der Waals surface area (Å²) in [7, 11) is 0. The van der Waals surface area contributed by atoms with Gasteiger partial charge >= 0.3 is 0 Å². The first kappa shape index (κ1) is 14.4. The Morgan fingerprint density at radius 2 is 1.78 bits per heavy atom. The van der Waals surface area contributed by atoms with Crippen LogP contribution in [0.25, 0.3) is 0 Å². The molecule has 0 radical (unpaired) electrons. The Labute approximate surface area is 137 Å². The van der Waals surface area contributed by atoms with Crippen molar-refractivity contribution in [2.45, 2.75) is 37.5 Å². The fourth-order valence-electron chi connectivity index (χ4n) is 4.24. The first-order valence-electron chi connectivity index (χ1n) is 8.51. The van der Waals surface area contributed by atoms with E-state index < -0.39 is 0 Å². The van der Waals surface area contributed by atoms with Gasteiger partial charge in [-0.05, 0) is 36.5 Å². The number of rotatable bonds is 3. The highest BCUT2D eigenvalue weighted by Gasteiger charge is 2.46. The molecule has 0 N–H and O–H groups in total. The number of hydrogen-bond donors (Lipinski definition) is 0. The van der Waals surface area contributed by atoms with Crippen molar-refractivity contribution in [3.05, 3.63) is 65.7 Å². The van der Waals surface area contributed by atoms with Crippen LogP contribution < -0.4 is 0 Å². The molecule has 2 atom stereocenters. The van der Waals surface area contributed by atoms with Crippen LogP contribution in [0.5, 0.6) is 0 Å². The zero-order chi connectivity index (χ0) is 15.7. The molecule has 1 heterocycles. The van der Waals surface area contributed by atoms with Crippen LogP contribution in [0.15, 0.2) is 59.6 Å². The molecule has 2 aromatic carbocycles. The Bertz CT molecular complexity index is 749. The van der Waals surface area contributed by atoms with E-state index in [-0.39, 0.29) is 11.3 Å². The van der Waals surface area contributed by atoms with E-state index in [2.05, 4.69) is 53.7 Å². The minimum atomic E-state index is -0.268. The molecule has 2 aliphatic rings. The van der Waals surface area contributed by atoms with Gasteiger partial charge in [-0.2, -0.15) is 0 Å². The van der Waals surface area contributed by atoms with Crippen LogP contribution in [0, 0.1) is 5.92 Å². The zero-order valence-electron chi connectivity index (χ0n) is 13.2. The monoisotopic (exact) mass is 303 g/mol. The minimum absolute atomic E-state index is 0.0591. The predicted octanol–water partition coefficient (Wildman–Crippen LogP) is 4.64. The normalized spacial score (nSPS) is 26.3. The highest BCUT2D eigenvalue weighted by Crippen LogP contribution is 2.47. The SMILES string of the molecule is O=C1CCCCC1C1(Cc2ccccc2)C=Nc2ccccc21. The van der Waals surface area contributed by atoms with Gasteiger partial charge in [0.2, 0.25) is 0 Å². The number of fused-ring (bicyclic) bond motifs is 1. The molecule has 1 saturated carbocycles. The molecule has 1 fully saturated rings. The number of Topliss-reactive ketones (excluding diaryl/α,β-unsaturated/α-hetero) is 1. The van der Waals surface area contributed by atoms with Crippen LogP contribution in [-0.2, 0) is 16.6 Å². The summed E-state index contributed by atoms with van der Waals surface area (Å²) < 4.78 is 0. The third-order valence-electron chi connectivity index (χ3n) is 5.36. The van der Waals surface area contributed by atoms with Crippen molar-refractivity contribution in [1.29, 1.82) is 0 Å². The van der Waals surface area contributed by atoms with E-state index in [1.54, 1.807) is 0 Å². The smallest absolute Gasteiger partial charge is 0.137 e. The maximum absolute atomic E-state index is 12.7. The molecule has 2 heteroatoms. The Hall–Kier alpha value is -2.22. The second kappa shape index (κ2) is 5.77. The Balaban J connectivity index is 1.82. The molecular formula is C21H21NO. The van der Waals surface area contributed by atoms with Gasteiger partial charge < -0.3 is 0 Å². The average molecular weight is 303 g/mol. The lowest BCUT2D eigenvalue weighted by Gasteiger charge is -2.37. The number of ketones is 1. The highest BCUT2D eigenvalue weighted by molar-refractivity contribution is 5.94. The van der Waals surface area contributed by atoms with E-state index in [9.17, 15) is 4.79 Å². The summed E-state index contributed by atoms with van der Waals surface area (Å²) in [6, 6.07) is 18.8. The lowest BCUT2D eigenvalue weighted by Crippen LogP contribution is -2.43. The summed E-state index contributed by atoms with van der Waals surface area (Å²) in [5, 5.41) is 0. The van der Waals surface area contributed by atoms with Crippen molar-refractivity contribution in [2.75, 3.05) is 0 Å². The maximum Gasteiger partial charge on any atom is 0.137 e. The fourth-order valence-corrected chi connectivity index (χ4v) is 4.24. The lowest BCUT2D eigenvalue weighted by molar-refractivity contribution is -0.126. The number of para-hydroxylation sites is 1. The molecular weight excluding hydrogens is 282 g/mol. The van der Waals surface area contributed by atoms with Crippen LogP contribution in [-0.4, -0.2) is 12.0 Å². The Morgan fingerprint density at radius 3 is 2.61 bits per heavy atom. The van der Waals surface area contributed by atoms with Crippen molar-refractivity contribution in [2.24, 2.45) is 10.9 Å². The van der Waals surface area contributed by atoms with E-state index in [4.69, 9.17) is 0 Å². The molecule has 1 aliphatic carbocycles. The summed E-state index contributed by atoms with van der Waals surface area (Å²) in [5.74, 6) is 0.471. The topological polar surface area (TPSA) is 29.4 Å². The van der Waals surface area contributed by atoms with Gasteiger partial charge in [0.15, 0.2) is 0 Å². The molecule has 23 heavy (non-hydrogen) atoms. The van der Waals surface area contributed by atoms with Gasteiger partial charge in [0.05, 0.1) is 5.69 Å². The number of hydrogen-bond acceptors (Lipinski definition) is 2. The summed E-state index contributed by atoms with van der Waals surface area (Å²) in [6.45, 7) is 0. The molecule has 4 rings (SSSR count). The number of carbonyl (C=O) groups excluding carboxylic acids is 1. The number of benzene rings is 2. The third-order valence-corrected chi connectivity index (χ3v) is 5.36. The van der Waals surface area contributed by atoms with Crippen LogP contribution >= 0.6 is 0 Å². The number of nitrogens with zero attached hydrogens (tertiary/aromatic N) is 1. The summed E-state index contributed by atoms with van der Waals surface area (Å²) in [6.07, 6.45) is 6.80. The van der Waals surface area contributed by atoms with E-state index in [1.165, 1.54) is 11.1 Å². The average Bonchev–Trinajstić information content (AvgIpc) is 2.96. The maximum atomic E-state index is 12.7. The van der Waals surface area contributed by atoms with Gasteiger partial charge in [-0.25, -0.2) is 0 Å². The molecule has 0 amide bonds. The molecule has 0 bridgehead atoms. The second-order valence-electron chi connectivity index (χ2n) is 6.74. The van der Waals surface area contributed by atoms with Gasteiger partial charge in [0.25, 0.3) is 0 Å². The van der Waals surface area contributed by atoms with Crippen molar-refractivity contribution in [1.82, 2.24) is 0 Å². The van der Waals surface area contributed by atoms with Crippen molar-refractivity contribution in [3.8, 4) is 0 Å². The molecule has 2 nitrogen and oxygen atoms in total. The summed E-state index contributed by atoms with van der Waals surface area (Å²) >= 11 is 0. The van der Waals surface area contributed by atoms with Gasteiger partial charge in [0.1, 0.15) is 5.78 Å². The van der Waals surface area contributed by atoms with Crippen molar-refractivity contribution in [3.63, 3.8) is 0 Å². The standard InChI is InChI=1S/C21H21NO/c23-20-13-7-5-11-18(20)21(14-16-8-2-1-3-9-16)15-22-19-12-6-4-10-17(19)21/h1-4,6,8-10,12,15,18H,5,7,11,13-14H2. The largest absolute Gasteiger partial charge is 0.299 e. The van der Waals surface area contributed by atoms with Crippen LogP contribution in [0.2, 0.25) is 0 Å². The molecule has 0 aromatic heterocycles. The quantitative estimate of drug-likeness (QED) is 0.812. The van der Waals surface area contributed by atoms with E-state index in [1.807, 2.05) is 12.1 Å². The first-order valence-corrected chi connectivity index (χ1v) is 8.51. The lowest BCUT2D eigenvalue weighted by atomic mass is 9.63. The van der Waals surface area contributed by atoms with Crippen molar-refractivity contribution < 1.29 is 4.79 Å². The summed E-state index contributed by atoms with van der Waals surface area (Å²) in [5.41, 5.74) is 3.26. The molecule has 0 spiro atoms. The van der Waals surface area contributed by atoms with Gasteiger partial charge in [-0.3, -0.25) is 9.79 Å². The van der Waals surface area contributed by atoms with Gasteiger partial charge in [0, 0.05) is 24.0 Å². The molecule has 2 aromatic rings. The van der Waals surface area contributed by atoms with E-state index >= 15 is 0 Å². The molecule has 1 aliphatic heterocycles. The van der Waals surface area contributed by atoms with E-state index in [0.717, 1.165) is 37.8 Å². The molecule has 116 valence electrons. The number of carbonyl (C=O) groups is 1. The fraction of sp³-hybridized carbons (Fsp3) is 0.333. The number of aliphatic imine (C=N–C) groups is 1. The Kier molecular flexibility index (Phi) is 3.60. The van der Waals surface area contributed by atoms with Crippen LogP contribution in [0.3, 0.4) is 0 Å². The highest BCUT2D eigenvalue weighted by atomic mass is 16.1. The third kappa shape index (κ3) is 2.42. The van der Waals surface area contributed by atoms with Gasteiger partial charge in [-0.15, -0.1) is 0 Å². The van der Waals surface area contributed by atoms with Gasteiger partial charge in [-0.1, -0.05) is 55.0 Å². The van der Waals surface area contributed by atoms with Crippen LogP contribution in [0.1, 0.15) is 36.8 Å². The second-order valence-corrected chi connectivity index (χ2v) is 6.74. The minimum Gasteiger partial charge on any atom is -0.299 e. The predicted molar refractivity (Wildman–Crippen MR) is 93.4 cm³/mol. The van der Waals surface area contributed by atoms with E-state index in [0.29, 0.717) is 5.78 Å². The summed E-state index contributed by atoms with van der Waals surface area (Å²) in [4.78, 5) is 17.4. The van der Waals surface area contributed by atoms with Crippen molar-refractivity contribution >= 4 is 17.7 Å².